The second-order valence-electron chi connectivity index (χ2n) is 8.92. The van der Waals surface area contributed by atoms with Crippen molar-refractivity contribution in [3.63, 3.8) is 0 Å². The van der Waals surface area contributed by atoms with E-state index in [9.17, 15) is 9.90 Å². The van der Waals surface area contributed by atoms with Crippen LogP contribution in [0, 0.1) is 17.8 Å². The molecule has 1 amide bonds. The van der Waals surface area contributed by atoms with Crippen LogP contribution in [-0.2, 0) is 17.6 Å². The number of nitrogens with zero attached hydrogens (tertiary/aromatic N) is 1. The van der Waals surface area contributed by atoms with Crippen LogP contribution in [0.25, 0.3) is 0 Å². The number of hydrogen-bond acceptors (Lipinski definition) is 3. The van der Waals surface area contributed by atoms with Crippen LogP contribution in [-0.4, -0.2) is 35.5 Å². The van der Waals surface area contributed by atoms with Crippen molar-refractivity contribution in [2.45, 2.75) is 31.8 Å². The number of fused-ring (bicyclic) bond motifs is 2. The van der Waals surface area contributed by atoms with Crippen molar-refractivity contribution >= 4 is 11.6 Å². The zero-order valence-corrected chi connectivity index (χ0v) is 16.2. The molecule has 0 spiro atoms. The Kier molecular flexibility index (Phi) is 4.69. The summed E-state index contributed by atoms with van der Waals surface area (Å²) in [5.74, 6) is 2.41. The van der Waals surface area contributed by atoms with Crippen molar-refractivity contribution in [2.24, 2.45) is 17.8 Å². The highest BCUT2D eigenvalue weighted by atomic mass is 16.3. The fourth-order valence-corrected chi connectivity index (χ4v) is 5.59. The molecule has 5 rings (SSSR count). The van der Waals surface area contributed by atoms with Crippen LogP contribution in [0.1, 0.15) is 35.6 Å². The summed E-state index contributed by atoms with van der Waals surface area (Å²) in [7, 11) is 0. The molecule has 2 aromatic carbocycles. The summed E-state index contributed by atoms with van der Waals surface area (Å²) in [6.45, 7) is 2.91. The normalized spacial score (nSPS) is 27.5. The van der Waals surface area contributed by atoms with Crippen LogP contribution in [0.15, 0.2) is 48.5 Å². The summed E-state index contributed by atoms with van der Waals surface area (Å²) in [5, 5.41) is 13.6. The first kappa shape index (κ1) is 17.9. The molecule has 146 valence electrons. The van der Waals surface area contributed by atoms with Crippen molar-refractivity contribution in [3.8, 4) is 0 Å². The van der Waals surface area contributed by atoms with Gasteiger partial charge in [0.1, 0.15) is 0 Å². The Morgan fingerprint density at radius 3 is 2.57 bits per heavy atom. The molecule has 2 N–H and O–H groups in total. The van der Waals surface area contributed by atoms with E-state index in [1.807, 2.05) is 18.2 Å². The SMILES string of the molecule is O=C1Cc2cc(C(O)CN3C[C@H]4CC(Cc5ccccc5)C[C@H]4C3)ccc2N1. The minimum atomic E-state index is -0.486. The third-order valence-corrected chi connectivity index (χ3v) is 6.86. The van der Waals surface area contributed by atoms with Crippen LogP contribution in [0.3, 0.4) is 0 Å². The van der Waals surface area contributed by atoms with Gasteiger partial charge in [0.25, 0.3) is 0 Å². The molecule has 3 aliphatic rings. The molecule has 4 heteroatoms. The number of β-amino-alcohol motifs (C(OH)–C–C–N with tert-alkyl or cyclic N) is 1. The molecule has 4 nitrogen and oxygen atoms in total. The zero-order chi connectivity index (χ0) is 19.1. The summed E-state index contributed by atoms with van der Waals surface area (Å²) < 4.78 is 0. The molecule has 4 atom stereocenters. The Bertz CT molecular complexity index is 852. The van der Waals surface area contributed by atoms with Gasteiger partial charge in [-0.15, -0.1) is 0 Å². The van der Waals surface area contributed by atoms with Crippen LogP contribution < -0.4 is 5.32 Å². The standard InChI is InChI=1S/C24H28N2O2/c27-23(18-6-7-22-19(11-18)12-24(28)25-22)15-26-13-20-9-17(10-21(20)14-26)8-16-4-2-1-3-5-16/h1-7,11,17,20-21,23,27H,8-10,12-15H2,(H,25,28)/t17?,20-,21+,23?. The molecule has 2 fully saturated rings. The van der Waals surface area contributed by atoms with Gasteiger partial charge in [0.15, 0.2) is 0 Å². The second-order valence-corrected chi connectivity index (χ2v) is 8.92. The number of anilines is 1. The number of rotatable bonds is 5. The number of nitrogens with one attached hydrogen (secondary N) is 1. The molecule has 1 saturated carbocycles. The smallest absolute Gasteiger partial charge is 0.228 e. The molecule has 0 bridgehead atoms. The quantitative estimate of drug-likeness (QED) is 0.841. The number of likely N-dealkylation sites (tertiary alicyclic amines) is 1. The molecule has 2 aliphatic heterocycles. The lowest BCUT2D eigenvalue weighted by atomic mass is 9.96. The van der Waals surface area contributed by atoms with Gasteiger partial charge in [0.05, 0.1) is 12.5 Å². The maximum absolute atomic E-state index is 11.5. The molecule has 28 heavy (non-hydrogen) atoms. The van der Waals surface area contributed by atoms with Gasteiger partial charge in [-0.1, -0.05) is 42.5 Å². The topological polar surface area (TPSA) is 52.6 Å². The Balaban J connectivity index is 1.15. The minimum Gasteiger partial charge on any atom is -0.387 e. The molecule has 0 aromatic heterocycles. The summed E-state index contributed by atoms with van der Waals surface area (Å²) in [4.78, 5) is 14.0. The van der Waals surface area contributed by atoms with E-state index in [0.29, 0.717) is 13.0 Å². The maximum atomic E-state index is 11.5. The lowest BCUT2D eigenvalue weighted by molar-refractivity contribution is -0.115. The summed E-state index contributed by atoms with van der Waals surface area (Å²) in [5.41, 5.74) is 4.28. The summed E-state index contributed by atoms with van der Waals surface area (Å²) in [6, 6.07) is 16.7. The monoisotopic (exact) mass is 376 g/mol. The number of carbonyl (C=O) groups excluding carboxylic acids is 1. The van der Waals surface area contributed by atoms with E-state index in [4.69, 9.17) is 0 Å². The minimum absolute atomic E-state index is 0.0408. The van der Waals surface area contributed by atoms with Crippen molar-refractivity contribution in [2.75, 3.05) is 25.0 Å². The van der Waals surface area contributed by atoms with Crippen LogP contribution >= 0.6 is 0 Å². The molecular formula is C24H28N2O2. The fraction of sp³-hybridized carbons (Fsp3) is 0.458. The zero-order valence-electron chi connectivity index (χ0n) is 16.2. The highest BCUT2D eigenvalue weighted by Crippen LogP contribution is 2.43. The lowest BCUT2D eigenvalue weighted by Gasteiger charge is -2.22. The van der Waals surface area contributed by atoms with Crippen LogP contribution in [0.2, 0.25) is 0 Å². The average Bonchev–Trinajstić information content (AvgIpc) is 3.33. The van der Waals surface area contributed by atoms with Crippen LogP contribution in [0.5, 0.6) is 0 Å². The second kappa shape index (κ2) is 7.34. The predicted molar refractivity (Wildman–Crippen MR) is 110 cm³/mol. The van der Waals surface area contributed by atoms with Crippen molar-refractivity contribution < 1.29 is 9.90 Å². The van der Waals surface area contributed by atoms with E-state index in [0.717, 1.165) is 47.7 Å². The van der Waals surface area contributed by atoms with E-state index in [1.165, 1.54) is 24.8 Å². The molecule has 2 heterocycles. The van der Waals surface area contributed by atoms with Crippen LogP contribution in [0.4, 0.5) is 5.69 Å². The number of carbonyl (C=O) groups is 1. The Morgan fingerprint density at radius 2 is 1.82 bits per heavy atom. The van der Waals surface area contributed by atoms with Gasteiger partial charge in [-0.25, -0.2) is 0 Å². The van der Waals surface area contributed by atoms with E-state index in [-0.39, 0.29) is 5.91 Å². The molecule has 2 aromatic rings. The fourth-order valence-electron chi connectivity index (χ4n) is 5.59. The van der Waals surface area contributed by atoms with Crippen molar-refractivity contribution in [1.29, 1.82) is 0 Å². The van der Waals surface area contributed by atoms with Gasteiger partial charge in [0.2, 0.25) is 5.91 Å². The molecule has 1 saturated heterocycles. The van der Waals surface area contributed by atoms with E-state index < -0.39 is 6.10 Å². The molecular weight excluding hydrogens is 348 g/mol. The Labute approximate surface area is 166 Å². The largest absolute Gasteiger partial charge is 0.387 e. The van der Waals surface area contributed by atoms with Gasteiger partial charge in [-0.05, 0) is 59.8 Å². The summed E-state index contributed by atoms with van der Waals surface area (Å²) in [6.07, 6.45) is 3.78. The predicted octanol–water partition coefficient (Wildman–Crippen LogP) is 3.42. The number of hydrogen-bond donors (Lipinski definition) is 2. The van der Waals surface area contributed by atoms with Gasteiger partial charge in [-0.3, -0.25) is 9.69 Å². The Hall–Kier alpha value is -2.17. The first-order valence-electron chi connectivity index (χ1n) is 10.5. The summed E-state index contributed by atoms with van der Waals surface area (Å²) >= 11 is 0. The molecule has 1 aliphatic carbocycles. The van der Waals surface area contributed by atoms with Crippen molar-refractivity contribution in [1.82, 2.24) is 4.90 Å². The third-order valence-electron chi connectivity index (χ3n) is 6.86. The van der Waals surface area contributed by atoms with Gasteiger partial charge in [-0.2, -0.15) is 0 Å². The van der Waals surface area contributed by atoms with Gasteiger partial charge >= 0.3 is 0 Å². The van der Waals surface area contributed by atoms with E-state index in [1.54, 1.807) is 0 Å². The number of benzene rings is 2. The third kappa shape index (κ3) is 3.59. The maximum Gasteiger partial charge on any atom is 0.228 e. The first-order chi connectivity index (χ1) is 13.6. The van der Waals surface area contributed by atoms with Gasteiger partial charge < -0.3 is 10.4 Å². The average molecular weight is 377 g/mol. The van der Waals surface area contributed by atoms with E-state index >= 15 is 0 Å². The number of aliphatic hydroxyl groups excluding tert-OH is 1. The Morgan fingerprint density at radius 1 is 1.07 bits per heavy atom. The number of amides is 1. The number of aliphatic hydroxyl groups is 1. The highest BCUT2D eigenvalue weighted by molar-refractivity contribution is 5.99. The first-order valence-corrected chi connectivity index (χ1v) is 10.5. The van der Waals surface area contributed by atoms with E-state index in [2.05, 4.69) is 40.5 Å². The van der Waals surface area contributed by atoms with Crippen molar-refractivity contribution in [3.05, 3.63) is 65.2 Å². The van der Waals surface area contributed by atoms with Gasteiger partial charge in [0, 0.05) is 25.3 Å². The lowest BCUT2D eigenvalue weighted by Crippen LogP contribution is -2.28. The molecule has 2 unspecified atom stereocenters. The molecule has 0 radical (unpaired) electrons. The highest BCUT2D eigenvalue weighted by Gasteiger charge is 2.41.